The van der Waals surface area contributed by atoms with E-state index in [1.54, 1.807) is 18.2 Å². The molecule has 2 N–H and O–H groups in total. The van der Waals surface area contributed by atoms with Crippen LogP contribution >= 0.6 is 0 Å². The van der Waals surface area contributed by atoms with Crippen LogP contribution in [0.15, 0.2) is 30.3 Å². The zero-order valence-electron chi connectivity index (χ0n) is 11.2. The number of alkyl halides is 2. The van der Waals surface area contributed by atoms with Gasteiger partial charge in [-0.25, -0.2) is 0 Å². The van der Waals surface area contributed by atoms with Gasteiger partial charge in [0.25, 0.3) is 5.92 Å². The van der Waals surface area contributed by atoms with Crippen molar-refractivity contribution >= 4 is 0 Å². The molecule has 2 rings (SSSR count). The quantitative estimate of drug-likeness (QED) is 0.909. The summed E-state index contributed by atoms with van der Waals surface area (Å²) in [6.45, 7) is 0.966. The molecule has 0 amide bonds. The fraction of sp³-hybridized carbons (Fsp3) is 0.600. The maximum Gasteiger partial charge on any atom is 0.285 e. The minimum absolute atomic E-state index is 0.0926. The molecule has 4 heteroatoms. The molecular formula is C15H22F2N2. The van der Waals surface area contributed by atoms with E-state index >= 15 is 0 Å². The molecule has 1 unspecified atom stereocenters. The van der Waals surface area contributed by atoms with Gasteiger partial charge >= 0.3 is 0 Å². The molecule has 1 fully saturated rings. The highest BCUT2D eigenvalue weighted by molar-refractivity contribution is 5.20. The third-order valence-electron chi connectivity index (χ3n) is 3.87. The number of nitrogens with two attached hydrogens (primary N) is 1. The van der Waals surface area contributed by atoms with Gasteiger partial charge in [0.15, 0.2) is 0 Å². The second kappa shape index (κ2) is 6.44. The molecule has 19 heavy (non-hydrogen) atoms. The molecule has 0 bridgehead atoms. The Morgan fingerprint density at radius 2 is 1.89 bits per heavy atom. The van der Waals surface area contributed by atoms with Crippen molar-refractivity contribution in [3.63, 3.8) is 0 Å². The average Bonchev–Trinajstić information content (AvgIpc) is 2.64. The zero-order chi connectivity index (χ0) is 13.7. The molecule has 0 radical (unpaired) electrons. The molecule has 1 saturated heterocycles. The summed E-state index contributed by atoms with van der Waals surface area (Å²) in [5.74, 6) is -2.81. The van der Waals surface area contributed by atoms with Gasteiger partial charge in [-0.1, -0.05) is 43.2 Å². The molecule has 1 aliphatic rings. The minimum atomic E-state index is -2.81. The Balaban J connectivity index is 2.09. The van der Waals surface area contributed by atoms with E-state index in [2.05, 4.69) is 0 Å². The van der Waals surface area contributed by atoms with Gasteiger partial charge in [0.05, 0.1) is 6.54 Å². The van der Waals surface area contributed by atoms with Gasteiger partial charge in [-0.2, -0.15) is 8.78 Å². The fourth-order valence-corrected chi connectivity index (χ4v) is 2.74. The lowest BCUT2D eigenvalue weighted by Crippen LogP contribution is -2.45. The molecule has 0 saturated carbocycles. The Labute approximate surface area is 113 Å². The van der Waals surface area contributed by atoms with Crippen molar-refractivity contribution in [3.05, 3.63) is 35.9 Å². The topological polar surface area (TPSA) is 29.3 Å². The number of halogens is 2. The molecule has 1 aliphatic heterocycles. The van der Waals surface area contributed by atoms with E-state index in [0.29, 0.717) is 6.54 Å². The zero-order valence-corrected chi connectivity index (χ0v) is 11.2. The van der Waals surface area contributed by atoms with Crippen LogP contribution in [0.25, 0.3) is 0 Å². The fourth-order valence-electron chi connectivity index (χ4n) is 2.74. The third kappa shape index (κ3) is 3.74. The van der Waals surface area contributed by atoms with Crippen molar-refractivity contribution in [2.24, 2.45) is 5.73 Å². The molecule has 1 heterocycles. The normalized spacial score (nSPS) is 22.2. The largest absolute Gasteiger partial charge is 0.329 e. The van der Waals surface area contributed by atoms with Crippen molar-refractivity contribution in [2.75, 3.05) is 19.6 Å². The second-order valence-electron chi connectivity index (χ2n) is 5.28. The lowest BCUT2D eigenvalue weighted by Gasteiger charge is -2.32. The van der Waals surface area contributed by atoms with E-state index in [1.807, 2.05) is 4.90 Å². The monoisotopic (exact) mass is 268 g/mol. The maximum atomic E-state index is 14.3. The van der Waals surface area contributed by atoms with Crippen LogP contribution in [0.2, 0.25) is 0 Å². The van der Waals surface area contributed by atoms with Crippen molar-refractivity contribution in [3.8, 4) is 0 Å². The van der Waals surface area contributed by atoms with Gasteiger partial charge < -0.3 is 5.73 Å². The number of hydrogen-bond donors (Lipinski definition) is 1. The average molecular weight is 268 g/mol. The predicted molar refractivity (Wildman–Crippen MR) is 73.2 cm³/mol. The summed E-state index contributed by atoms with van der Waals surface area (Å²) in [5.41, 5.74) is 5.83. The van der Waals surface area contributed by atoms with E-state index in [0.717, 1.165) is 32.2 Å². The highest BCUT2D eigenvalue weighted by Gasteiger charge is 2.36. The number of nitrogens with zero attached hydrogens (tertiary/aromatic N) is 1. The molecular weight excluding hydrogens is 246 g/mol. The Morgan fingerprint density at radius 3 is 2.58 bits per heavy atom. The van der Waals surface area contributed by atoms with Crippen LogP contribution in [-0.2, 0) is 5.92 Å². The number of benzene rings is 1. The van der Waals surface area contributed by atoms with Crippen molar-refractivity contribution in [1.82, 2.24) is 4.90 Å². The molecule has 1 aromatic rings. The second-order valence-corrected chi connectivity index (χ2v) is 5.28. The summed E-state index contributed by atoms with van der Waals surface area (Å²) >= 11 is 0. The highest BCUT2D eigenvalue weighted by Crippen LogP contribution is 2.30. The minimum Gasteiger partial charge on any atom is -0.329 e. The van der Waals surface area contributed by atoms with Crippen LogP contribution in [0.4, 0.5) is 8.78 Å². The van der Waals surface area contributed by atoms with Crippen LogP contribution in [0, 0.1) is 0 Å². The summed E-state index contributed by atoms with van der Waals surface area (Å²) in [4.78, 5) is 1.88. The van der Waals surface area contributed by atoms with Crippen LogP contribution in [0.5, 0.6) is 0 Å². The number of likely N-dealkylation sites (tertiary alicyclic amines) is 1. The Bertz CT molecular complexity index is 381. The van der Waals surface area contributed by atoms with Gasteiger partial charge in [-0.3, -0.25) is 4.90 Å². The molecule has 0 aliphatic carbocycles. The van der Waals surface area contributed by atoms with E-state index in [-0.39, 0.29) is 18.2 Å². The summed E-state index contributed by atoms with van der Waals surface area (Å²) in [5, 5.41) is 0. The van der Waals surface area contributed by atoms with Crippen molar-refractivity contribution in [2.45, 2.75) is 37.6 Å². The first-order chi connectivity index (χ1) is 9.13. The van der Waals surface area contributed by atoms with Crippen molar-refractivity contribution < 1.29 is 8.78 Å². The van der Waals surface area contributed by atoms with Gasteiger partial charge in [0.1, 0.15) is 0 Å². The summed E-state index contributed by atoms with van der Waals surface area (Å²) < 4.78 is 28.6. The van der Waals surface area contributed by atoms with Crippen molar-refractivity contribution in [1.29, 1.82) is 0 Å². The highest BCUT2D eigenvalue weighted by atomic mass is 19.3. The lowest BCUT2D eigenvalue weighted by atomic mass is 10.1. The van der Waals surface area contributed by atoms with Crippen LogP contribution < -0.4 is 5.73 Å². The first-order valence-electron chi connectivity index (χ1n) is 7.01. The smallest absolute Gasteiger partial charge is 0.285 e. The summed E-state index contributed by atoms with van der Waals surface area (Å²) in [7, 11) is 0. The van der Waals surface area contributed by atoms with Gasteiger partial charge in [0, 0.05) is 18.2 Å². The van der Waals surface area contributed by atoms with Gasteiger partial charge in [-0.15, -0.1) is 0 Å². The first kappa shape index (κ1) is 14.4. The first-order valence-corrected chi connectivity index (χ1v) is 7.01. The SMILES string of the molecule is NCC1CCCCCN1CC(F)(F)c1ccccc1. The lowest BCUT2D eigenvalue weighted by molar-refractivity contribution is -0.0466. The van der Waals surface area contributed by atoms with E-state index in [4.69, 9.17) is 5.73 Å². The molecule has 0 aromatic heterocycles. The Hall–Kier alpha value is -1.00. The van der Waals surface area contributed by atoms with E-state index in [9.17, 15) is 8.78 Å². The molecule has 0 spiro atoms. The third-order valence-corrected chi connectivity index (χ3v) is 3.87. The molecule has 106 valence electrons. The predicted octanol–water partition coefficient (Wildman–Crippen LogP) is 2.98. The number of hydrogen-bond acceptors (Lipinski definition) is 2. The Kier molecular flexibility index (Phi) is 4.88. The van der Waals surface area contributed by atoms with Crippen LogP contribution in [0.3, 0.4) is 0 Å². The van der Waals surface area contributed by atoms with E-state index in [1.165, 1.54) is 12.1 Å². The molecule has 1 aromatic carbocycles. The van der Waals surface area contributed by atoms with Gasteiger partial charge in [-0.05, 0) is 19.4 Å². The standard InChI is InChI=1S/C15H22F2N2/c16-15(17,13-7-3-1-4-8-13)12-19-10-6-2-5-9-14(19)11-18/h1,3-4,7-8,14H,2,5-6,9-12,18H2. The maximum absolute atomic E-state index is 14.3. The molecule has 2 nitrogen and oxygen atoms in total. The summed E-state index contributed by atoms with van der Waals surface area (Å²) in [6, 6.07) is 8.16. The number of rotatable bonds is 4. The van der Waals surface area contributed by atoms with E-state index < -0.39 is 5.92 Å². The summed E-state index contributed by atoms with van der Waals surface area (Å²) in [6.07, 6.45) is 4.13. The van der Waals surface area contributed by atoms with Crippen LogP contribution in [0.1, 0.15) is 31.2 Å². The Morgan fingerprint density at radius 1 is 1.16 bits per heavy atom. The van der Waals surface area contributed by atoms with Crippen LogP contribution in [-0.4, -0.2) is 30.6 Å². The van der Waals surface area contributed by atoms with Gasteiger partial charge in [0.2, 0.25) is 0 Å². The molecule has 1 atom stereocenters.